The Hall–Kier alpha value is -10.2. The zero-order valence-corrected chi connectivity index (χ0v) is 41.2. The lowest BCUT2D eigenvalue weighted by Gasteiger charge is -2.16. The molecule has 76 heavy (non-hydrogen) atoms. The molecule has 4 aromatic heterocycles. The van der Waals surface area contributed by atoms with Crippen LogP contribution in [0.1, 0.15) is 0 Å². The monoisotopic (exact) mass is 964 g/mol. The maximum absolute atomic E-state index is 2.52. The van der Waals surface area contributed by atoms with Crippen molar-refractivity contribution in [3.63, 3.8) is 0 Å². The Labute approximate surface area is 436 Å². The van der Waals surface area contributed by atoms with Gasteiger partial charge in [-0.1, -0.05) is 182 Å². The van der Waals surface area contributed by atoms with E-state index in [-0.39, 0.29) is 0 Å². The molecule has 4 heteroatoms. The van der Waals surface area contributed by atoms with Crippen LogP contribution < -0.4 is 0 Å². The van der Waals surface area contributed by atoms with E-state index in [2.05, 4.69) is 285 Å². The summed E-state index contributed by atoms with van der Waals surface area (Å²) in [5.41, 5.74) is 16.3. The SMILES string of the molecule is c1ccc2cc(-c3cc(-n4c5ccccc5c5cc6c(cc54)c4ccccc4n6-c4cccc5ccccc45)cc(-n4c5ccccc5c5cc6c(cc54)c4ccccc4n6-c4cccc5ccccc45)c3)ccc2c1. The van der Waals surface area contributed by atoms with Gasteiger partial charge in [-0.15, -0.1) is 0 Å². The van der Waals surface area contributed by atoms with E-state index in [1.807, 2.05) is 0 Å². The minimum Gasteiger partial charge on any atom is -0.309 e. The van der Waals surface area contributed by atoms with Gasteiger partial charge in [-0.2, -0.15) is 0 Å². The second-order valence-electron chi connectivity index (χ2n) is 20.5. The molecule has 0 aliphatic rings. The lowest BCUT2D eigenvalue weighted by Crippen LogP contribution is -2.00. The van der Waals surface area contributed by atoms with Crippen LogP contribution in [0, 0.1) is 0 Å². The molecule has 17 aromatic rings. The van der Waals surface area contributed by atoms with E-state index in [1.54, 1.807) is 0 Å². The van der Waals surface area contributed by atoms with Crippen molar-refractivity contribution in [2.24, 2.45) is 0 Å². The first-order valence-corrected chi connectivity index (χ1v) is 26.2. The molecule has 0 saturated carbocycles. The minimum absolute atomic E-state index is 1.10. The Kier molecular flexibility index (Phi) is 8.52. The molecule has 4 nitrogen and oxygen atoms in total. The van der Waals surface area contributed by atoms with Crippen LogP contribution in [0.2, 0.25) is 0 Å². The van der Waals surface area contributed by atoms with Gasteiger partial charge in [-0.25, -0.2) is 0 Å². The van der Waals surface area contributed by atoms with Crippen molar-refractivity contribution in [1.82, 2.24) is 18.3 Å². The average Bonchev–Trinajstić information content (AvgIpc) is 4.39. The highest BCUT2D eigenvalue weighted by molar-refractivity contribution is 6.21. The topological polar surface area (TPSA) is 19.7 Å². The molecular formula is C72H44N4. The van der Waals surface area contributed by atoms with Crippen LogP contribution >= 0.6 is 0 Å². The van der Waals surface area contributed by atoms with Gasteiger partial charge in [-0.05, 0) is 118 Å². The maximum Gasteiger partial charge on any atom is 0.0549 e. The number of nitrogens with zero attached hydrogens (tertiary/aromatic N) is 4. The third kappa shape index (κ3) is 5.84. The molecule has 352 valence electrons. The van der Waals surface area contributed by atoms with Gasteiger partial charge in [0.25, 0.3) is 0 Å². The van der Waals surface area contributed by atoms with E-state index in [9.17, 15) is 0 Å². The number of hydrogen-bond donors (Lipinski definition) is 0. The smallest absolute Gasteiger partial charge is 0.0549 e. The fourth-order valence-corrected chi connectivity index (χ4v) is 13.1. The molecule has 0 radical (unpaired) electrons. The minimum atomic E-state index is 1.10. The number of para-hydroxylation sites is 4. The van der Waals surface area contributed by atoms with Gasteiger partial charge in [0, 0.05) is 65.2 Å². The summed E-state index contributed by atoms with van der Waals surface area (Å²) in [5.74, 6) is 0. The Bertz CT molecular complexity index is 5010. The predicted molar refractivity (Wildman–Crippen MR) is 322 cm³/mol. The maximum atomic E-state index is 2.52. The molecule has 0 N–H and O–H groups in total. The highest BCUT2D eigenvalue weighted by atomic mass is 15.0. The molecule has 0 bridgehead atoms. The van der Waals surface area contributed by atoms with E-state index in [1.165, 1.54) is 125 Å². The van der Waals surface area contributed by atoms with Crippen LogP contribution in [0.3, 0.4) is 0 Å². The van der Waals surface area contributed by atoms with Gasteiger partial charge >= 0.3 is 0 Å². The van der Waals surface area contributed by atoms with Crippen molar-refractivity contribution < 1.29 is 0 Å². The van der Waals surface area contributed by atoms with Crippen molar-refractivity contribution in [2.75, 3.05) is 0 Å². The molecule has 0 aliphatic carbocycles. The van der Waals surface area contributed by atoms with Crippen LogP contribution in [-0.2, 0) is 0 Å². The van der Waals surface area contributed by atoms with Gasteiger partial charge < -0.3 is 18.3 Å². The van der Waals surface area contributed by atoms with Crippen molar-refractivity contribution in [2.45, 2.75) is 0 Å². The lowest BCUT2D eigenvalue weighted by molar-refractivity contribution is 1.14. The summed E-state index contributed by atoms with van der Waals surface area (Å²) in [4.78, 5) is 0. The van der Waals surface area contributed by atoms with Crippen LogP contribution in [0.15, 0.2) is 267 Å². The Morgan fingerprint density at radius 2 is 0.513 bits per heavy atom. The Balaban J connectivity index is 0.969. The fraction of sp³-hybridized carbons (Fsp3) is 0. The van der Waals surface area contributed by atoms with E-state index >= 15 is 0 Å². The number of benzene rings is 13. The van der Waals surface area contributed by atoms with Crippen molar-refractivity contribution >= 4 is 120 Å². The third-order valence-corrected chi connectivity index (χ3v) is 16.4. The van der Waals surface area contributed by atoms with Crippen molar-refractivity contribution in [1.29, 1.82) is 0 Å². The second-order valence-corrected chi connectivity index (χ2v) is 20.5. The third-order valence-electron chi connectivity index (χ3n) is 16.4. The van der Waals surface area contributed by atoms with Crippen LogP contribution in [0.25, 0.3) is 153 Å². The summed E-state index contributed by atoms with van der Waals surface area (Å²) in [6.45, 7) is 0. The molecule has 0 unspecified atom stereocenters. The molecule has 0 amide bonds. The van der Waals surface area contributed by atoms with E-state index in [0.29, 0.717) is 0 Å². The van der Waals surface area contributed by atoms with Crippen molar-refractivity contribution in [3.05, 3.63) is 267 Å². The predicted octanol–water partition coefficient (Wildman–Crippen LogP) is 19.2. The van der Waals surface area contributed by atoms with E-state index < -0.39 is 0 Å². The number of rotatable bonds is 5. The lowest BCUT2D eigenvalue weighted by atomic mass is 10.00. The highest BCUT2D eigenvalue weighted by Gasteiger charge is 2.23. The zero-order valence-electron chi connectivity index (χ0n) is 41.2. The summed E-state index contributed by atoms with van der Waals surface area (Å²) in [6.07, 6.45) is 0. The summed E-state index contributed by atoms with van der Waals surface area (Å²) in [7, 11) is 0. The first-order chi connectivity index (χ1) is 37.7. The first-order valence-electron chi connectivity index (χ1n) is 26.2. The van der Waals surface area contributed by atoms with E-state index in [0.717, 1.165) is 28.0 Å². The van der Waals surface area contributed by atoms with Crippen LogP contribution in [0.5, 0.6) is 0 Å². The van der Waals surface area contributed by atoms with Gasteiger partial charge in [-0.3, -0.25) is 0 Å². The van der Waals surface area contributed by atoms with Crippen molar-refractivity contribution in [3.8, 4) is 33.9 Å². The van der Waals surface area contributed by atoms with Gasteiger partial charge in [0.15, 0.2) is 0 Å². The zero-order chi connectivity index (χ0) is 49.6. The molecule has 0 spiro atoms. The van der Waals surface area contributed by atoms with Gasteiger partial charge in [0.1, 0.15) is 0 Å². The van der Waals surface area contributed by atoms with Gasteiger partial charge in [0.05, 0.1) is 55.5 Å². The number of aromatic nitrogens is 4. The molecule has 4 heterocycles. The molecule has 17 rings (SSSR count). The quantitative estimate of drug-likeness (QED) is 0.164. The first kappa shape index (κ1) is 41.3. The molecular weight excluding hydrogens is 921 g/mol. The van der Waals surface area contributed by atoms with Gasteiger partial charge in [0.2, 0.25) is 0 Å². The van der Waals surface area contributed by atoms with Crippen LogP contribution in [-0.4, -0.2) is 18.3 Å². The Morgan fingerprint density at radius 3 is 0.961 bits per heavy atom. The summed E-state index contributed by atoms with van der Waals surface area (Å²) in [5, 5.41) is 17.1. The van der Waals surface area contributed by atoms with Crippen LogP contribution in [0.4, 0.5) is 0 Å². The normalized spacial score (nSPS) is 12.2. The fourth-order valence-electron chi connectivity index (χ4n) is 13.1. The average molecular weight is 965 g/mol. The standard InChI is InChI=1S/C72H44N4/c1-2-20-48-37-49(36-35-45(48)17-1)50-38-51(73-65-29-11-7-25-55(65)59-43-71-61(41-69(59)73)57-27-9-13-31-67(57)75(71)63-33-15-21-46-18-3-5-23-53(46)63)40-52(39-50)74-66-30-12-8-26-56(66)60-44-72-62(42-70(60)74)58-28-10-14-32-68(58)76(72)64-34-16-22-47-19-4-6-24-54(47)64/h1-44H. The Morgan fingerprint density at radius 1 is 0.171 bits per heavy atom. The molecule has 0 aliphatic heterocycles. The summed E-state index contributed by atoms with van der Waals surface area (Å²) in [6, 6.07) is 99.2. The molecule has 0 atom stereocenters. The highest BCUT2D eigenvalue weighted by Crippen LogP contribution is 2.45. The molecule has 0 saturated heterocycles. The number of hydrogen-bond acceptors (Lipinski definition) is 0. The summed E-state index contributed by atoms with van der Waals surface area (Å²) >= 11 is 0. The molecule has 0 fully saturated rings. The number of fused-ring (bicyclic) bond motifs is 15. The van der Waals surface area contributed by atoms with E-state index in [4.69, 9.17) is 0 Å². The second kappa shape index (κ2) is 15.7. The molecule has 13 aromatic carbocycles. The largest absolute Gasteiger partial charge is 0.309 e. The summed E-state index contributed by atoms with van der Waals surface area (Å²) < 4.78 is 10.0.